The van der Waals surface area contributed by atoms with Gasteiger partial charge in [0.05, 0.1) is 23.1 Å². The summed E-state index contributed by atoms with van der Waals surface area (Å²) in [6, 6.07) is 52.0. The van der Waals surface area contributed by atoms with Crippen LogP contribution in [0, 0.1) is 0 Å². The molecule has 5 nitrogen and oxygen atoms in total. The van der Waals surface area contributed by atoms with E-state index in [1.807, 2.05) is 78.1 Å². The van der Waals surface area contributed by atoms with Crippen LogP contribution >= 0.6 is 11.3 Å². The number of nitrogens with one attached hydrogen (secondary N) is 1. The number of anilines is 1. The number of hydrogen-bond donors (Lipinski definition) is 1. The summed E-state index contributed by atoms with van der Waals surface area (Å²) in [5.41, 5.74) is 7.85. The zero-order valence-corrected chi connectivity index (χ0v) is 26.0. The number of para-hydroxylation sites is 2. The molecule has 3 heterocycles. The Morgan fingerprint density at radius 2 is 1.06 bits per heavy atom. The van der Waals surface area contributed by atoms with Crippen LogP contribution in [0.5, 0.6) is 0 Å². The average molecular weight is 622 g/mol. The third kappa shape index (κ3) is 5.05. The molecule has 8 aromatic rings. The van der Waals surface area contributed by atoms with Crippen LogP contribution in [0.4, 0.5) is 11.4 Å². The van der Waals surface area contributed by atoms with Crippen molar-refractivity contribution in [1.29, 1.82) is 0 Å². The lowest BCUT2D eigenvalue weighted by atomic mass is 9.92. The summed E-state index contributed by atoms with van der Waals surface area (Å²) in [5, 5.41) is 6.37. The molecule has 47 heavy (non-hydrogen) atoms. The maximum absolute atomic E-state index is 5.27. The summed E-state index contributed by atoms with van der Waals surface area (Å²) in [4.78, 5) is 20.1. The summed E-state index contributed by atoms with van der Waals surface area (Å²) < 4.78 is 2.58. The highest BCUT2D eigenvalue weighted by Gasteiger charge is 2.26. The van der Waals surface area contributed by atoms with Crippen LogP contribution in [0.15, 0.2) is 157 Å². The standard InChI is InChI=1S/C41H27N5S/c1-3-12-26(13-4-1)39-44-40(27-14-5-2-6-15-27)46-41(45-39)30-17-11-16-28(24-30)37-38(43-34-20-9-8-19-33(34)42-37)29-22-23-36-32(25-29)31-18-7-10-21-35(31)47-36/h1-25,38,43H. The van der Waals surface area contributed by atoms with E-state index in [9.17, 15) is 0 Å². The minimum Gasteiger partial charge on any atom is -0.371 e. The molecule has 0 saturated carbocycles. The fraction of sp³-hybridized carbons (Fsp3) is 0.0244. The second-order valence-corrected chi connectivity index (χ2v) is 12.6. The quantitative estimate of drug-likeness (QED) is 0.208. The molecule has 0 aliphatic carbocycles. The van der Waals surface area contributed by atoms with Crippen molar-refractivity contribution in [1.82, 2.24) is 15.0 Å². The van der Waals surface area contributed by atoms with Crippen molar-refractivity contribution in [2.75, 3.05) is 5.32 Å². The van der Waals surface area contributed by atoms with Crippen LogP contribution in [0.1, 0.15) is 17.2 Å². The van der Waals surface area contributed by atoms with Crippen molar-refractivity contribution in [3.63, 3.8) is 0 Å². The first kappa shape index (κ1) is 27.3. The monoisotopic (exact) mass is 621 g/mol. The van der Waals surface area contributed by atoms with Crippen molar-refractivity contribution < 1.29 is 0 Å². The summed E-state index contributed by atoms with van der Waals surface area (Å²) in [6.07, 6.45) is 0. The Balaban J connectivity index is 1.19. The van der Waals surface area contributed by atoms with E-state index in [0.29, 0.717) is 17.5 Å². The van der Waals surface area contributed by atoms with Gasteiger partial charge in [-0.2, -0.15) is 0 Å². The molecule has 1 N–H and O–H groups in total. The normalized spacial score (nSPS) is 14.0. The van der Waals surface area contributed by atoms with Crippen molar-refractivity contribution in [3.05, 3.63) is 163 Å². The zero-order chi connectivity index (χ0) is 31.2. The van der Waals surface area contributed by atoms with Gasteiger partial charge in [-0.3, -0.25) is 0 Å². The van der Waals surface area contributed by atoms with E-state index in [1.54, 1.807) is 0 Å². The Morgan fingerprint density at radius 3 is 1.83 bits per heavy atom. The van der Waals surface area contributed by atoms with Crippen LogP contribution in [-0.2, 0) is 0 Å². The Labute approximate surface area is 276 Å². The first-order valence-electron chi connectivity index (χ1n) is 15.6. The predicted molar refractivity (Wildman–Crippen MR) is 194 cm³/mol. The number of fused-ring (bicyclic) bond motifs is 4. The van der Waals surface area contributed by atoms with Gasteiger partial charge < -0.3 is 5.32 Å². The van der Waals surface area contributed by atoms with Crippen LogP contribution < -0.4 is 5.32 Å². The van der Waals surface area contributed by atoms with Crippen molar-refractivity contribution in [2.45, 2.75) is 6.04 Å². The summed E-state index contributed by atoms with van der Waals surface area (Å²) in [7, 11) is 0. The van der Waals surface area contributed by atoms with Gasteiger partial charge in [-0.25, -0.2) is 19.9 Å². The Hall–Kier alpha value is -5.98. The second kappa shape index (κ2) is 11.4. The molecule has 6 aromatic carbocycles. The van der Waals surface area contributed by atoms with E-state index >= 15 is 0 Å². The van der Waals surface area contributed by atoms with Crippen LogP contribution in [0.2, 0.25) is 0 Å². The highest BCUT2D eigenvalue weighted by molar-refractivity contribution is 7.25. The molecule has 0 radical (unpaired) electrons. The van der Waals surface area contributed by atoms with Crippen LogP contribution in [-0.4, -0.2) is 20.7 Å². The highest BCUT2D eigenvalue weighted by atomic mass is 32.1. The molecule has 1 aliphatic heterocycles. The lowest BCUT2D eigenvalue weighted by Gasteiger charge is -2.28. The van der Waals surface area contributed by atoms with Gasteiger partial charge in [-0.15, -0.1) is 11.3 Å². The Kier molecular flexibility index (Phi) is 6.65. The summed E-state index contributed by atoms with van der Waals surface area (Å²) in [5.74, 6) is 1.89. The van der Waals surface area contributed by atoms with E-state index in [0.717, 1.165) is 44.9 Å². The van der Waals surface area contributed by atoms with Crippen molar-refractivity contribution >= 4 is 48.6 Å². The molecule has 0 amide bonds. The molecule has 6 heteroatoms. The zero-order valence-electron chi connectivity index (χ0n) is 25.2. The summed E-state index contributed by atoms with van der Waals surface area (Å²) >= 11 is 1.83. The molecule has 2 aromatic heterocycles. The number of benzene rings is 6. The van der Waals surface area contributed by atoms with Crippen LogP contribution in [0.3, 0.4) is 0 Å². The van der Waals surface area contributed by atoms with E-state index < -0.39 is 0 Å². The van der Waals surface area contributed by atoms with Gasteiger partial charge in [0.2, 0.25) is 0 Å². The second-order valence-electron chi connectivity index (χ2n) is 11.6. The minimum atomic E-state index is -0.152. The average Bonchev–Trinajstić information content (AvgIpc) is 3.53. The van der Waals surface area contributed by atoms with Crippen molar-refractivity contribution in [3.8, 4) is 34.2 Å². The van der Waals surface area contributed by atoms with Gasteiger partial charge in [0, 0.05) is 36.9 Å². The first-order valence-corrected chi connectivity index (χ1v) is 16.4. The molecular weight excluding hydrogens is 595 g/mol. The van der Waals surface area contributed by atoms with Gasteiger partial charge in [0.1, 0.15) is 0 Å². The molecular formula is C41H27N5S. The third-order valence-corrected chi connectivity index (χ3v) is 9.72. The number of nitrogens with zero attached hydrogens (tertiary/aromatic N) is 4. The molecule has 0 saturated heterocycles. The Bertz CT molecular complexity index is 2390. The molecule has 1 aliphatic rings. The SMILES string of the molecule is c1ccc(-c2nc(-c3ccccc3)nc(-c3cccc(C4=Nc5ccccc5NC4c4ccc5sc6ccccc6c5c4)c3)n2)cc1. The van der Waals surface area contributed by atoms with Gasteiger partial charge in [0.15, 0.2) is 17.5 Å². The molecule has 0 bridgehead atoms. The van der Waals surface area contributed by atoms with Crippen LogP contribution in [0.25, 0.3) is 54.3 Å². The van der Waals surface area contributed by atoms with E-state index in [1.165, 1.54) is 20.2 Å². The third-order valence-electron chi connectivity index (χ3n) is 8.57. The number of thiophene rings is 1. The fourth-order valence-corrected chi connectivity index (χ4v) is 7.35. The smallest absolute Gasteiger partial charge is 0.164 e. The number of hydrogen-bond acceptors (Lipinski definition) is 6. The number of aliphatic imine (C=N–C) groups is 1. The molecule has 1 atom stereocenters. The molecule has 1 unspecified atom stereocenters. The maximum atomic E-state index is 5.27. The number of rotatable bonds is 5. The fourth-order valence-electron chi connectivity index (χ4n) is 6.26. The minimum absolute atomic E-state index is 0.152. The van der Waals surface area contributed by atoms with Gasteiger partial charge in [-0.1, -0.05) is 115 Å². The van der Waals surface area contributed by atoms with E-state index in [4.69, 9.17) is 19.9 Å². The lowest BCUT2D eigenvalue weighted by Crippen LogP contribution is -2.25. The molecule has 0 fully saturated rings. The Morgan fingerprint density at radius 1 is 0.468 bits per heavy atom. The van der Waals surface area contributed by atoms with E-state index in [-0.39, 0.29) is 6.04 Å². The number of aromatic nitrogens is 3. The molecule has 222 valence electrons. The predicted octanol–water partition coefficient (Wildman–Crippen LogP) is 10.5. The molecule has 9 rings (SSSR count). The largest absolute Gasteiger partial charge is 0.371 e. The van der Waals surface area contributed by atoms with E-state index in [2.05, 4.69) is 90.2 Å². The topological polar surface area (TPSA) is 63.1 Å². The lowest BCUT2D eigenvalue weighted by molar-refractivity contribution is 1.02. The van der Waals surface area contributed by atoms with Gasteiger partial charge in [0.25, 0.3) is 0 Å². The van der Waals surface area contributed by atoms with Gasteiger partial charge in [-0.05, 0) is 47.5 Å². The maximum Gasteiger partial charge on any atom is 0.164 e. The summed E-state index contributed by atoms with van der Waals surface area (Å²) in [6.45, 7) is 0. The highest BCUT2D eigenvalue weighted by Crippen LogP contribution is 2.40. The molecule has 0 spiro atoms. The van der Waals surface area contributed by atoms with Crippen molar-refractivity contribution in [2.24, 2.45) is 4.99 Å². The van der Waals surface area contributed by atoms with Gasteiger partial charge >= 0.3 is 0 Å². The first-order chi connectivity index (χ1) is 23.3.